The molecule has 100 valence electrons. The van der Waals surface area contributed by atoms with Crippen molar-refractivity contribution in [3.63, 3.8) is 0 Å². The molecular weight excluding hydrogens is 267 g/mol. The van der Waals surface area contributed by atoms with Crippen molar-refractivity contribution in [2.24, 2.45) is 0 Å². The average molecular weight is 278 g/mol. The normalized spacial score (nSPS) is 18.4. The molecular formula is C11H11F3NO2S-. The minimum absolute atomic E-state index is 0.143. The van der Waals surface area contributed by atoms with Crippen molar-refractivity contribution in [1.29, 1.82) is 0 Å². The van der Waals surface area contributed by atoms with Crippen LogP contribution in [-0.4, -0.2) is 26.1 Å². The minimum atomic E-state index is -4.36. The van der Waals surface area contributed by atoms with Gasteiger partial charge in [-0.15, -0.1) is 0 Å². The Hall–Kier alpha value is -0.920. The van der Waals surface area contributed by atoms with Gasteiger partial charge in [0.05, 0.1) is 11.4 Å². The van der Waals surface area contributed by atoms with Crippen LogP contribution in [0.15, 0.2) is 18.2 Å². The molecule has 0 saturated heterocycles. The van der Waals surface area contributed by atoms with Gasteiger partial charge in [-0.05, 0) is 40.8 Å². The fourth-order valence-corrected chi connectivity index (χ4v) is 2.57. The number of alkyl halides is 3. The van der Waals surface area contributed by atoms with Crippen molar-refractivity contribution >= 4 is 11.1 Å². The van der Waals surface area contributed by atoms with E-state index in [-0.39, 0.29) is 12.4 Å². The van der Waals surface area contributed by atoms with Gasteiger partial charge in [0.25, 0.3) is 0 Å². The van der Waals surface area contributed by atoms with Crippen molar-refractivity contribution in [3.8, 4) is 0 Å². The van der Waals surface area contributed by atoms with E-state index in [2.05, 4.69) is 0 Å². The van der Waals surface area contributed by atoms with Crippen molar-refractivity contribution in [1.82, 2.24) is 4.90 Å². The average Bonchev–Trinajstić information content (AvgIpc) is 2.26. The predicted octanol–water partition coefficient (Wildman–Crippen LogP) is 1.90. The highest BCUT2D eigenvalue weighted by Gasteiger charge is 2.31. The quantitative estimate of drug-likeness (QED) is 0.776. The smallest absolute Gasteiger partial charge is 0.416 e. The van der Waals surface area contributed by atoms with E-state index in [1.165, 1.54) is 6.07 Å². The Labute approximate surface area is 105 Å². The van der Waals surface area contributed by atoms with E-state index in [1.54, 1.807) is 4.90 Å². The summed E-state index contributed by atoms with van der Waals surface area (Å²) < 4.78 is 58.8. The zero-order chi connectivity index (χ0) is 13.3. The van der Waals surface area contributed by atoms with Crippen molar-refractivity contribution in [2.75, 3.05) is 12.4 Å². The predicted molar refractivity (Wildman–Crippen MR) is 59.3 cm³/mol. The third-order valence-corrected chi connectivity index (χ3v) is 3.49. The molecule has 1 unspecified atom stereocenters. The van der Waals surface area contributed by atoms with E-state index < -0.39 is 22.8 Å². The monoisotopic (exact) mass is 278 g/mol. The Bertz CT molecular complexity index is 476. The van der Waals surface area contributed by atoms with Crippen LogP contribution in [0.3, 0.4) is 0 Å². The molecule has 0 radical (unpaired) electrons. The standard InChI is InChI=1S/C11H12F3NO2S/c12-11(13,14)10-2-1-8-3-4-15(7-18(16)17)6-9(8)5-10/h1-2,5H,3-4,6-7H2,(H,16,17)/p-1. The maximum absolute atomic E-state index is 12.6. The van der Waals surface area contributed by atoms with E-state index in [1.807, 2.05) is 0 Å². The van der Waals surface area contributed by atoms with Crippen molar-refractivity contribution in [2.45, 2.75) is 19.1 Å². The number of hydrogen-bond donors (Lipinski definition) is 0. The molecule has 0 spiro atoms. The molecule has 7 heteroatoms. The van der Waals surface area contributed by atoms with E-state index in [9.17, 15) is 21.9 Å². The molecule has 1 heterocycles. The molecule has 0 aliphatic carbocycles. The summed E-state index contributed by atoms with van der Waals surface area (Å²) in [6.07, 6.45) is -3.79. The van der Waals surface area contributed by atoms with Gasteiger partial charge in [-0.25, -0.2) is 0 Å². The number of hydrogen-bond acceptors (Lipinski definition) is 3. The maximum atomic E-state index is 12.6. The second-order valence-corrected chi connectivity index (χ2v) is 5.08. The summed E-state index contributed by atoms with van der Waals surface area (Å²) in [5.74, 6) is -0.143. The number of rotatable bonds is 2. The molecule has 0 fully saturated rings. The van der Waals surface area contributed by atoms with Crippen LogP contribution in [0.2, 0.25) is 0 Å². The number of nitrogens with zero attached hydrogens (tertiary/aromatic N) is 1. The zero-order valence-corrected chi connectivity index (χ0v) is 10.2. The fraction of sp³-hybridized carbons (Fsp3) is 0.455. The molecule has 0 amide bonds. The first-order valence-electron chi connectivity index (χ1n) is 5.33. The third kappa shape index (κ3) is 3.09. The zero-order valence-electron chi connectivity index (χ0n) is 9.37. The number of halogens is 3. The lowest BCUT2D eigenvalue weighted by Crippen LogP contribution is -2.33. The van der Waals surface area contributed by atoms with Crippen LogP contribution in [-0.2, 0) is 30.2 Å². The SMILES string of the molecule is O=S([O-])CN1CCc2ccc(C(F)(F)F)cc2C1. The van der Waals surface area contributed by atoms with Crippen molar-refractivity contribution in [3.05, 3.63) is 34.9 Å². The molecule has 1 aliphatic rings. The summed E-state index contributed by atoms with van der Waals surface area (Å²) in [6, 6.07) is 3.65. The molecule has 0 saturated carbocycles. The lowest BCUT2D eigenvalue weighted by Gasteiger charge is -2.29. The Balaban J connectivity index is 2.22. The van der Waals surface area contributed by atoms with Crippen LogP contribution >= 0.6 is 0 Å². The van der Waals surface area contributed by atoms with Crippen LogP contribution in [0.1, 0.15) is 16.7 Å². The first-order valence-corrected chi connectivity index (χ1v) is 6.58. The minimum Gasteiger partial charge on any atom is -0.771 e. The molecule has 2 rings (SSSR count). The number of fused-ring (bicyclic) bond motifs is 1. The highest BCUT2D eigenvalue weighted by Crippen LogP contribution is 2.32. The van der Waals surface area contributed by atoms with Gasteiger partial charge < -0.3 is 4.55 Å². The number of benzene rings is 1. The first-order chi connectivity index (χ1) is 8.36. The van der Waals surface area contributed by atoms with Crippen LogP contribution in [0.4, 0.5) is 13.2 Å². The van der Waals surface area contributed by atoms with E-state index in [0.717, 1.165) is 17.7 Å². The van der Waals surface area contributed by atoms with Gasteiger partial charge in [0.2, 0.25) is 0 Å². The Kier molecular flexibility index (Phi) is 3.74. The second-order valence-electron chi connectivity index (χ2n) is 4.22. The second kappa shape index (κ2) is 4.99. The molecule has 1 aliphatic heterocycles. The highest BCUT2D eigenvalue weighted by atomic mass is 32.2. The summed E-state index contributed by atoms with van der Waals surface area (Å²) in [5, 5.41) is 0. The van der Waals surface area contributed by atoms with E-state index >= 15 is 0 Å². The topological polar surface area (TPSA) is 43.4 Å². The first kappa shape index (κ1) is 13.5. The maximum Gasteiger partial charge on any atom is 0.416 e. The van der Waals surface area contributed by atoms with Gasteiger partial charge in [0, 0.05) is 13.1 Å². The third-order valence-electron chi connectivity index (χ3n) is 2.91. The van der Waals surface area contributed by atoms with E-state index in [4.69, 9.17) is 0 Å². The van der Waals surface area contributed by atoms with Crippen molar-refractivity contribution < 1.29 is 21.9 Å². The van der Waals surface area contributed by atoms with Crippen LogP contribution < -0.4 is 0 Å². The Morgan fingerprint density at radius 2 is 2.06 bits per heavy atom. The van der Waals surface area contributed by atoms with E-state index in [0.29, 0.717) is 18.5 Å². The Morgan fingerprint density at radius 3 is 2.67 bits per heavy atom. The summed E-state index contributed by atoms with van der Waals surface area (Å²) >= 11 is -2.21. The van der Waals surface area contributed by atoms with Crippen LogP contribution in [0, 0.1) is 0 Å². The molecule has 0 aromatic heterocycles. The molecule has 1 atom stereocenters. The van der Waals surface area contributed by atoms with Gasteiger partial charge in [-0.3, -0.25) is 9.11 Å². The molecule has 3 nitrogen and oxygen atoms in total. The fourth-order valence-electron chi connectivity index (χ4n) is 2.05. The molecule has 1 aromatic rings. The van der Waals surface area contributed by atoms with Gasteiger partial charge >= 0.3 is 6.18 Å². The summed E-state index contributed by atoms with van der Waals surface area (Å²) in [6.45, 7) is 0.791. The summed E-state index contributed by atoms with van der Waals surface area (Å²) in [7, 11) is 0. The highest BCUT2D eigenvalue weighted by molar-refractivity contribution is 7.79. The van der Waals surface area contributed by atoms with Gasteiger partial charge in [-0.2, -0.15) is 13.2 Å². The van der Waals surface area contributed by atoms with Crippen LogP contribution in [0.25, 0.3) is 0 Å². The van der Waals surface area contributed by atoms with Gasteiger partial charge in [-0.1, -0.05) is 6.07 Å². The summed E-state index contributed by atoms with van der Waals surface area (Å²) in [5.41, 5.74) is 0.726. The molecule has 18 heavy (non-hydrogen) atoms. The molecule has 1 aromatic carbocycles. The van der Waals surface area contributed by atoms with Crippen LogP contribution in [0.5, 0.6) is 0 Å². The molecule has 0 N–H and O–H groups in total. The van der Waals surface area contributed by atoms with Gasteiger partial charge in [0.1, 0.15) is 0 Å². The Morgan fingerprint density at radius 1 is 1.33 bits per heavy atom. The lowest BCUT2D eigenvalue weighted by atomic mass is 9.97. The summed E-state index contributed by atoms with van der Waals surface area (Å²) in [4.78, 5) is 1.62. The van der Waals surface area contributed by atoms with Gasteiger partial charge in [0.15, 0.2) is 0 Å². The largest absolute Gasteiger partial charge is 0.771 e. The lowest BCUT2D eigenvalue weighted by molar-refractivity contribution is -0.137. The molecule has 0 bridgehead atoms.